The molecule has 0 saturated heterocycles. The summed E-state index contributed by atoms with van der Waals surface area (Å²) >= 11 is 0. The van der Waals surface area contributed by atoms with Crippen molar-refractivity contribution >= 4 is 11.9 Å². The number of hydrogen-bond acceptors (Lipinski definition) is 2. The van der Waals surface area contributed by atoms with Crippen molar-refractivity contribution in [3.05, 3.63) is 0 Å². The van der Waals surface area contributed by atoms with Crippen molar-refractivity contribution in [3.63, 3.8) is 0 Å². The van der Waals surface area contributed by atoms with Crippen LogP contribution in [0, 0.1) is 5.92 Å². The van der Waals surface area contributed by atoms with Crippen molar-refractivity contribution in [2.75, 3.05) is 0 Å². The molecule has 1 unspecified atom stereocenters. The molecule has 4 heteroatoms. The number of aliphatic carboxylic acids is 2. The maximum absolute atomic E-state index is 11.2. The highest BCUT2D eigenvalue weighted by molar-refractivity contribution is 5.69. The van der Waals surface area contributed by atoms with Crippen molar-refractivity contribution in [3.8, 4) is 0 Å². The summed E-state index contributed by atoms with van der Waals surface area (Å²) in [7, 11) is 0. The largest absolute Gasteiger partial charge is 0.481 e. The van der Waals surface area contributed by atoms with E-state index in [1.807, 2.05) is 0 Å². The zero-order chi connectivity index (χ0) is 15.9. The molecule has 21 heavy (non-hydrogen) atoms. The maximum atomic E-state index is 11.2. The van der Waals surface area contributed by atoms with Crippen LogP contribution in [0.15, 0.2) is 0 Å². The topological polar surface area (TPSA) is 74.6 Å². The van der Waals surface area contributed by atoms with Crippen LogP contribution >= 0.6 is 0 Å². The van der Waals surface area contributed by atoms with Crippen molar-refractivity contribution < 1.29 is 19.8 Å². The Hall–Kier alpha value is -1.06. The van der Waals surface area contributed by atoms with E-state index >= 15 is 0 Å². The van der Waals surface area contributed by atoms with E-state index in [9.17, 15) is 14.7 Å². The van der Waals surface area contributed by atoms with Gasteiger partial charge in [-0.15, -0.1) is 0 Å². The van der Waals surface area contributed by atoms with Crippen LogP contribution < -0.4 is 0 Å². The number of unbranched alkanes of at least 4 members (excludes halogenated alkanes) is 8. The van der Waals surface area contributed by atoms with Crippen LogP contribution in [0.1, 0.15) is 90.4 Å². The molecule has 0 aliphatic heterocycles. The van der Waals surface area contributed by atoms with E-state index in [0.29, 0.717) is 0 Å². The average Bonchev–Trinajstić information content (AvgIpc) is 2.43. The predicted molar refractivity (Wildman–Crippen MR) is 84.5 cm³/mol. The lowest BCUT2D eigenvalue weighted by Gasteiger charge is -2.11. The number of hydrogen-bond donors (Lipinski definition) is 2. The van der Waals surface area contributed by atoms with E-state index in [-0.39, 0.29) is 12.3 Å². The van der Waals surface area contributed by atoms with Crippen molar-refractivity contribution in [2.24, 2.45) is 5.92 Å². The molecule has 0 radical (unpaired) electrons. The van der Waals surface area contributed by atoms with Gasteiger partial charge in [0.15, 0.2) is 0 Å². The van der Waals surface area contributed by atoms with Crippen molar-refractivity contribution in [1.29, 1.82) is 0 Å². The van der Waals surface area contributed by atoms with Gasteiger partial charge in [-0.25, -0.2) is 0 Å². The van der Waals surface area contributed by atoms with Gasteiger partial charge < -0.3 is 10.2 Å². The first-order valence-electron chi connectivity index (χ1n) is 8.52. The van der Waals surface area contributed by atoms with Gasteiger partial charge in [0, 0.05) is 6.42 Å². The van der Waals surface area contributed by atoms with Crippen LogP contribution in [-0.2, 0) is 9.59 Å². The van der Waals surface area contributed by atoms with Crippen molar-refractivity contribution in [1.82, 2.24) is 0 Å². The second-order valence-electron chi connectivity index (χ2n) is 5.94. The predicted octanol–water partition coefficient (Wildman–Crippen LogP) is 4.86. The Bertz CT molecular complexity index is 276. The fourth-order valence-electron chi connectivity index (χ4n) is 2.58. The molecule has 0 aliphatic rings. The lowest BCUT2D eigenvalue weighted by atomic mass is 9.94. The van der Waals surface area contributed by atoms with E-state index in [1.165, 1.54) is 12.8 Å². The Morgan fingerprint density at radius 1 is 0.762 bits per heavy atom. The average molecular weight is 300 g/mol. The van der Waals surface area contributed by atoms with Crippen LogP contribution in [-0.4, -0.2) is 22.2 Å². The molecule has 2 N–H and O–H groups in total. The first-order chi connectivity index (χ1) is 10.1. The highest BCUT2D eigenvalue weighted by Crippen LogP contribution is 2.19. The number of carboxylic acid groups (broad SMARTS) is 2. The first-order valence-corrected chi connectivity index (χ1v) is 8.52. The summed E-state index contributed by atoms with van der Waals surface area (Å²) in [6.07, 6.45) is 12.3. The quantitative estimate of drug-likeness (QED) is 0.423. The molecular formula is C17H32O4. The molecule has 0 aromatic carbocycles. The van der Waals surface area contributed by atoms with Gasteiger partial charge in [-0.3, -0.25) is 9.59 Å². The highest BCUT2D eigenvalue weighted by Gasteiger charge is 2.16. The van der Waals surface area contributed by atoms with Crippen LogP contribution in [0.25, 0.3) is 0 Å². The molecule has 124 valence electrons. The summed E-state index contributed by atoms with van der Waals surface area (Å²) in [4.78, 5) is 21.5. The van der Waals surface area contributed by atoms with E-state index < -0.39 is 11.9 Å². The Balaban J connectivity index is 3.51. The van der Waals surface area contributed by atoms with Gasteiger partial charge in [0.25, 0.3) is 0 Å². The standard InChI is InChI=1S/C17H32O4/c1-2-3-4-9-12-15(17(20)21)13-10-7-5-6-8-11-14-16(18)19/h15H,2-14H2,1H3,(H,18,19)(H,20,21). The van der Waals surface area contributed by atoms with Crippen LogP contribution in [0.3, 0.4) is 0 Å². The molecule has 0 heterocycles. The second kappa shape index (κ2) is 13.9. The second-order valence-corrected chi connectivity index (χ2v) is 5.94. The third kappa shape index (κ3) is 13.7. The molecule has 0 aromatic heterocycles. The molecule has 0 bridgehead atoms. The van der Waals surface area contributed by atoms with Gasteiger partial charge in [0.2, 0.25) is 0 Å². The number of carbonyl (C=O) groups is 2. The van der Waals surface area contributed by atoms with E-state index in [2.05, 4.69) is 6.92 Å². The van der Waals surface area contributed by atoms with Crippen LogP contribution in [0.5, 0.6) is 0 Å². The molecule has 0 spiro atoms. The molecule has 1 atom stereocenters. The minimum atomic E-state index is -0.720. The molecule has 0 fully saturated rings. The molecule has 0 amide bonds. The normalized spacial score (nSPS) is 12.2. The van der Waals surface area contributed by atoms with Crippen molar-refractivity contribution in [2.45, 2.75) is 90.4 Å². The summed E-state index contributed by atoms with van der Waals surface area (Å²) < 4.78 is 0. The van der Waals surface area contributed by atoms with Gasteiger partial charge in [-0.05, 0) is 19.3 Å². The fourth-order valence-corrected chi connectivity index (χ4v) is 2.58. The minimum absolute atomic E-state index is 0.172. The molecule has 4 nitrogen and oxygen atoms in total. The summed E-state index contributed by atoms with van der Waals surface area (Å²) in [5.41, 5.74) is 0. The summed E-state index contributed by atoms with van der Waals surface area (Å²) in [6.45, 7) is 2.16. The Morgan fingerprint density at radius 2 is 1.24 bits per heavy atom. The molecule has 0 saturated carbocycles. The number of rotatable bonds is 15. The van der Waals surface area contributed by atoms with Crippen LogP contribution in [0.4, 0.5) is 0 Å². The Labute approximate surface area is 128 Å². The molecule has 0 aliphatic carbocycles. The fraction of sp³-hybridized carbons (Fsp3) is 0.882. The highest BCUT2D eigenvalue weighted by atomic mass is 16.4. The lowest BCUT2D eigenvalue weighted by molar-refractivity contribution is -0.142. The Morgan fingerprint density at radius 3 is 1.71 bits per heavy atom. The molecule has 0 rings (SSSR count). The van der Waals surface area contributed by atoms with E-state index in [1.54, 1.807) is 0 Å². The first kappa shape index (κ1) is 19.9. The van der Waals surface area contributed by atoms with E-state index in [0.717, 1.165) is 64.2 Å². The third-order valence-electron chi connectivity index (χ3n) is 3.95. The van der Waals surface area contributed by atoms with Gasteiger partial charge in [0.05, 0.1) is 5.92 Å². The van der Waals surface area contributed by atoms with Gasteiger partial charge in [-0.1, -0.05) is 64.7 Å². The summed E-state index contributed by atoms with van der Waals surface area (Å²) in [6, 6.07) is 0. The minimum Gasteiger partial charge on any atom is -0.481 e. The van der Waals surface area contributed by atoms with Gasteiger partial charge in [0.1, 0.15) is 0 Å². The SMILES string of the molecule is CCCCCCC(CCCCCCCCC(=O)O)C(=O)O. The Kier molecular flexibility index (Phi) is 13.2. The zero-order valence-corrected chi connectivity index (χ0v) is 13.5. The van der Waals surface area contributed by atoms with Gasteiger partial charge >= 0.3 is 11.9 Å². The lowest BCUT2D eigenvalue weighted by Crippen LogP contribution is -2.13. The third-order valence-corrected chi connectivity index (χ3v) is 3.95. The molecular weight excluding hydrogens is 268 g/mol. The maximum Gasteiger partial charge on any atom is 0.306 e. The van der Waals surface area contributed by atoms with E-state index in [4.69, 9.17) is 5.11 Å². The summed E-state index contributed by atoms with van der Waals surface area (Å²) in [5, 5.41) is 17.7. The zero-order valence-electron chi connectivity index (χ0n) is 13.5. The smallest absolute Gasteiger partial charge is 0.306 e. The van der Waals surface area contributed by atoms with Gasteiger partial charge in [-0.2, -0.15) is 0 Å². The molecule has 0 aromatic rings. The number of carboxylic acids is 2. The van der Waals surface area contributed by atoms with Crippen LogP contribution in [0.2, 0.25) is 0 Å². The monoisotopic (exact) mass is 300 g/mol. The summed E-state index contributed by atoms with van der Waals surface area (Å²) in [5.74, 6) is -1.54.